The fourth-order valence-corrected chi connectivity index (χ4v) is 3.19. The molecule has 2 rings (SSSR count). The van der Waals surface area contributed by atoms with Gasteiger partial charge in [-0.3, -0.25) is 4.90 Å². The highest BCUT2D eigenvalue weighted by Gasteiger charge is 2.27. The Labute approximate surface area is 104 Å². The number of rotatable bonds is 3. The summed E-state index contributed by atoms with van der Waals surface area (Å²) in [7, 11) is 0.878. The molecule has 0 saturated carbocycles. The van der Waals surface area contributed by atoms with Crippen LogP contribution in [0.5, 0.6) is 0 Å². The zero-order valence-electron chi connectivity index (χ0n) is 9.95. The quantitative estimate of drug-likeness (QED) is 0.845. The first kappa shape index (κ1) is 12.7. The first-order chi connectivity index (χ1) is 8.22. The second-order valence-electron chi connectivity index (χ2n) is 4.27. The van der Waals surface area contributed by atoms with Crippen molar-refractivity contribution in [2.75, 3.05) is 33.3 Å². The number of nitrogens with zero attached hydrogens (tertiary/aromatic N) is 2. The van der Waals surface area contributed by atoms with E-state index in [9.17, 15) is 9.32 Å². The predicted octanol–water partition coefficient (Wildman–Crippen LogP) is 0.317. The third-order valence-electron chi connectivity index (χ3n) is 3.13. The second-order valence-corrected chi connectivity index (χ2v) is 5.75. The van der Waals surface area contributed by atoms with Crippen LogP contribution in [0, 0.1) is 0 Å². The van der Waals surface area contributed by atoms with Gasteiger partial charge < -0.3 is 5.11 Å². The lowest BCUT2D eigenvalue weighted by atomic mass is 10.2. The number of hydrogen-bond donors (Lipinski definition) is 1. The van der Waals surface area contributed by atoms with Gasteiger partial charge in [0.15, 0.2) is 0 Å². The molecule has 0 amide bonds. The van der Waals surface area contributed by atoms with Gasteiger partial charge in [0, 0.05) is 25.7 Å². The van der Waals surface area contributed by atoms with E-state index >= 15 is 0 Å². The molecule has 17 heavy (non-hydrogen) atoms. The first-order valence-corrected chi connectivity index (χ1v) is 6.86. The van der Waals surface area contributed by atoms with Crippen molar-refractivity contribution < 1.29 is 9.32 Å². The average Bonchev–Trinajstić information content (AvgIpc) is 2.39. The summed E-state index contributed by atoms with van der Waals surface area (Å²) in [6, 6.07) is 9.54. The van der Waals surface area contributed by atoms with Gasteiger partial charge in [-0.1, -0.05) is 18.2 Å². The fourth-order valence-electron chi connectivity index (χ4n) is 1.95. The highest BCUT2D eigenvalue weighted by molar-refractivity contribution is 7.82. The summed E-state index contributed by atoms with van der Waals surface area (Å²) in [4.78, 5) is 2.94. The molecule has 0 aromatic heterocycles. The van der Waals surface area contributed by atoms with Crippen LogP contribution in [0.15, 0.2) is 35.2 Å². The minimum Gasteiger partial charge on any atom is -0.395 e. The SMILES string of the molecule is CN1CCN(S(=O)c2ccccc2)CC1CO. The van der Waals surface area contributed by atoms with Gasteiger partial charge >= 0.3 is 0 Å². The Morgan fingerprint density at radius 2 is 2.06 bits per heavy atom. The smallest absolute Gasteiger partial charge is 0.127 e. The van der Waals surface area contributed by atoms with E-state index in [1.807, 2.05) is 41.7 Å². The Kier molecular flexibility index (Phi) is 4.28. The molecule has 1 aromatic rings. The topological polar surface area (TPSA) is 43.8 Å². The molecule has 1 aliphatic heterocycles. The maximum absolute atomic E-state index is 12.3. The molecule has 1 aromatic carbocycles. The third-order valence-corrected chi connectivity index (χ3v) is 4.61. The number of benzene rings is 1. The molecule has 1 aliphatic rings. The molecule has 5 heteroatoms. The monoisotopic (exact) mass is 254 g/mol. The maximum atomic E-state index is 12.3. The summed E-state index contributed by atoms with van der Waals surface area (Å²) in [6.07, 6.45) is 0. The van der Waals surface area contributed by atoms with E-state index in [0.29, 0.717) is 6.54 Å². The Bertz CT molecular complexity index is 385. The third kappa shape index (κ3) is 2.93. The van der Waals surface area contributed by atoms with Crippen LogP contribution in [-0.4, -0.2) is 57.9 Å². The predicted molar refractivity (Wildman–Crippen MR) is 67.9 cm³/mol. The van der Waals surface area contributed by atoms with Crippen LogP contribution in [0.2, 0.25) is 0 Å². The molecule has 1 saturated heterocycles. The van der Waals surface area contributed by atoms with E-state index in [1.165, 1.54) is 0 Å². The molecule has 0 aliphatic carbocycles. The van der Waals surface area contributed by atoms with E-state index < -0.39 is 11.0 Å². The normalized spacial score (nSPS) is 24.7. The van der Waals surface area contributed by atoms with Crippen molar-refractivity contribution in [3.8, 4) is 0 Å². The van der Waals surface area contributed by atoms with Gasteiger partial charge in [-0.05, 0) is 19.2 Å². The lowest BCUT2D eigenvalue weighted by Gasteiger charge is -2.37. The largest absolute Gasteiger partial charge is 0.395 e. The Balaban J connectivity index is 2.06. The van der Waals surface area contributed by atoms with Gasteiger partial charge in [0.2, 0.25) is 0 Å². The van der Waals surface area contributed by atoms with Crippen molar-refractivity contribution in [2.24, 2.45) is 0 Å². The number of hydrogen-bond acceptors (Lipinski definition) is 3. The van der Waals surface area contributed by atoms with E-state index in [-0.39, 0.29) is 12.6 Å². The van der Waals surface area contributed by atoms with Crippen LogP contribution in [0.4, 0.5) is 0 Å². The van der Waals surface area contributed by atoms with E-state index in [4.69, 9.17) is 0 Å². The van der Waals surface area contributed by atoms with Crippen molar-refractivity contribution in [1.82, 2.24) is 9.21 Å². The number of piperazine rings is 1. The molecular weight excluding hydrogens is 236 g/mol. The van der Waals surface area contributed by atoms with Crippen LogP contribution >= 0.6 is 0 Å². The van der Waals surface area contributed by atoms with Crippen molar-refractivity contribution in [1.29, 1.82) is 0 Å². The molecule has 94 valence electrons. The first-order valence-electron chi connectivity index (χ1n) is 5.75. The van der Waals surface area contributed by atoms with Crippen LogP contribution in [-0.2, 0) is 11.0 Å². The molecule has 0 radical (unpaired) electrons. The van der Waals surface area contributed by atoms with Gasteiger partial charge in [0.25, 0.3) is 0 Å². The lowest BCUT2D eigenvalue weighted by Crippen LogP contribution is -2.53. The van der Waals surface area contributed by atoms with Crippen molar-refractivity contribution >= 4 is 11.0 Å². The van der Waals surface area contributed by atoms with Crippen LogP contribution in [0.3, 0.4) is 0 Å². The summed E-state index contributed by atoms with van der Waals surface area (Å²) in [5.74, 6) is 0. The summed E-state index contributed by atoms with van der Waals surface area (Å²) in [6.45, 7) is 2.37. The number of likely N-dealkylation sites (N-methyl/N-ethyl adjacent to an activating group) is 1. The van der Waals surface area contributed by atoms with Gasteiger partial charge in [-0.15, -0.1) is 0 Å². The van der Waals surface area contributed by atoms with Crippen LogP contribution in [0.1, 0.15) is 0 Å². The Morgan fingerprint density at radius 1 is 1.35 bits per heavy atom. The number of aliphatic hydroxyl groups excluding tert-OH is 1. The minimum atomic E-state index is -1.11. The minimum absolute atomic E-state index is 0.0800. The molecule has 2 atom stereocenters. The van der Waals surface area contributed by atoms with Crippen LogP contribution in [0.25, 0.3) is 0 Å². The molecule has 0 spiro atoms. The van der Waals surface area contributed by atoms with Crippen molar-refractivity contribution in [3.05, 3.63) is 30.3 Å². The molecule has 1 fully saturated rings. The standard InChI is InChI=1S/C12H18N2O2S/c1-13-7-8-14(9-11(13)10-15)17(16)12-5-3-2-4-6-12/h2-6,11,15H,7-10H2,1H3. The molecule has 1 heterocycles. The van der Waals surface area contributed by atoms with Gasteiger partial charge in [0.05, 0.1) is 11.5 Å². The summed E-state index contributed by atoms with van der Waals surface area (Å²) in [5, 5.41) is 9.26. The summed E-state index contributed by atoms with van der Waals surface area (Å²) >= 11 is 0. The zero-order valence-corrected chi connectivity index (χ0v) is 10.8. The lowest BCUT2D eigenvalue weighted by molar-refractivity contribution is 0.0944. The summed E-state index contributed by atoms with van der Waals surface area (Å²) in [5.41, 5.74) is 0. The molecule has 4 nitrogen and oxygen atoms in total. The molecule has 1 N–H and O–H groups in total. The van der Waals surface area contributed by atoms with Crippen molar-refractivity contribution in [3.63, 3.8) is 0 Å². The highest BCUT2D eigenvalue weighted by atomic mass is 32.2. The average molecular weight is 254 g/mol. The maximum Gasteiger partial charge on any atom is 0.127 e. The van der Waals surface area contributed by atoms with Gasteiger partial charge in [-0.25, -0.2) is 8.51 Å². The van der Waals surface area contributed by atoms with Gasteiger partial charge in [-0.2, -0.15) is 0 Å². The molecule has 2 unspecified atom stereocenters. The summed E-state index contributed by atoms with van der Waals surface area (Å²) < 4.78 is 14.2. The second kappa shape index (κ2) is 5.73. The van der Waals surface area contributed by atoms with Gasteiger partial charge in [0.1, 0.15) is 11.0 Å². The van der Waals surface area contributed by atoms with E-state index in [2.05, 4.69) is 4.90 Å². The molecular formula is C12H18N2O2S. The van der Waals surface area contributed by atoms with Crippen LogP contribution < -0.4 is 0 Å². The van der Waals surface area contributed by atoms with E-state index in [0.717, 1.165) is 18.0 Å². The van der Waals surface area contributed by atoms with Crippen molar-refractivity contribution in [2.45, 2.75) is 10.9 Å². The Hall–Kier alpha value is -0.750. The Morgan fingerprint density at radius 3 is 2.71 bits per heavy atom. The number of aliphatic hydroxyl groups is 1. The van der Waals surface area contributed by atoms with E-state index in [1.54, 1.807) is 0 Å². The highest BCUT2D eigenvalue weighted by Crippen LogP contribution is 2.15. The fraction of sp³-hybridized carbons (Fsp3) is 0.500. The zero-order chi connectivity index (χ0) is 12.3. The molecule has 0 bridgehead atoms.